The number of rotatable bonds is 1. The summed E-state index contributed by atoms with van der Waals surface area (Å²) in [5, 5.41) is 8.80. The fourth-order valence-electron chi connectivity index (χ4n) is 1.60. The lowest BCUT2D eigenvalue weighted by Gasteiger charge is -2.16. The van der Waals surface area contributed by atoms with E-state index in [0.29, 0.717) is 0 Å². The number of alkyl halides is 3. The van der Waals surface area contributed by atoms with Gasteiger partial charge < -0.3 is 5.73 Å². The van der Waals surface area contributed by atoms with Crippen LogP contribution in [0.15, 0.2) is 6.07 Å². The first-order valence-electron chi connectivity index (χ1n) is 4.72. The predicted octanol–water partition coefficient (Wildman–Crippen LogP) is 3.03. The van der Waals surface area contributed by atoms with Crippen LogP contribution in [0.25, 0.3) is 0 Å². The van der Waals surface area contributed by atoms with Crippen LogP contribution in [0.3, 0.4) is 0 Å². The highest BCUT2D eigenvalue weighted by atomic mass is 19.4. The standard InChI is InChI=1S/C11H11F3N2/c1-3-7-4-9(16)6(2)8(5-15)10(7)11(12,13)14/h4H,3,16H2,1-2H3. The summed E-state index contributed by atoms with van der Waals surface area (Å²) in [6, 6.07) is 2.88. The molecule has 0 aliphatic rings. The van der Waals surface area contributed by atoms with Gasteiger partial charge in [0.15, 0.2) is 0 Å². The minimum absolute atomic E-state index is 0.0622. The Labute approximate surface area is 91.5 Å². The van der Waals surface area contributed by atoms with Crippen molar-refractivity contribution in [1.29, 1.82) is 5.26 Å². The molecule has 2 N–H and O–H groups in total. The third-order valence-electron chi connectivity index (χ3n) is 2.49. The number of hydrogen-bond acceptors (Lipinski definition) is 2. The number of halogens is 3. The monoisotopic (exact) mass is 228 g/mol. The van der Waals surface area contributed by atoms with Gasteiger partial charge in [-0.2, -0.15) is 18.4 Å². The van der Waals surface area contributed by atoms with Gasteiger partial charge in [-0.1, -0.05) is 6.92 Å². The van der Waals surface area contributed by atoms with Crippen molar-refractivity contribution in [3.8, 4) is 6.07 Å². The molecule has 0 fully saturated rings. The smallest absolute Gasteiger partial charge is 0.398 e. The van der Waals surface area contributed by atoms with Crippen molar-refractivity contribution in [2.45, 2.75) is 26.4 Å². The molecule has 0 spiro atoms. The van der Waals surface area contributed by atoms with Crippen molar-refractivity contribution in [2.75, 3.05) is 5.73 Å². The maximum atomic E-state index is 12.8. The van der Waals surface area contributed by atoms with Gasteiger partial charge in [-0.25, -0.2) is 0 Å². The zero-order valence-corrected chi connectivity index (χ0v) is 8.94. The van der Waals surface area contributed by atoms with Crippen LogP contribution in [0, 0.1) is 18.3 Å². The van der Waals surface area contributed by atoms with Crippen molar-refractivity contribution < 1.29 is 13.2 Å². The van der Waals surface area contributed by atoms with Gasteiger partial charge in [-0.15, -0.1) is 0 Å². The number of nitriles is 1. The Kier molecular flexibility index (Phi) is 3.13. The van der Waals surface area contributed by atoms with Gasteiger partial charge in [0, 0.05) is 5.69 Å². The molecule has 1 rings (SSSR count). The average Bonchev–Trinajstić information content (AvgIpc) is 2.19. The van der Waals surface area contributed by atoms with E-state index < -0.39 is 11.7 Å². The second-order valence-corrected chi connectivity index (χ2v) is 3.46. The lowest BCUT2D eigenvalue weighted by Crippen LogP contribution is -2.14. The highest BCUT2D eigenvalue weighted by molar-refractivity contribution is 5.61. The summed E-state index contributed by atoms with van der Waals surface area (Å²) in [6.07, 6.45) is -4.33. The molecular weight excluding hydrogens is 217 g/mol. The highest BCUT2D eigenvalue weighted by Crippen LogP contribution is 2.37. The fraction of sp³-hybridized carbons (Fsp3) is 0.364. The number of aryl methyl sites for hydroxylation is 1. The van der Waals surface area contributed by atoms with Crippen molar-refractivity contribution in [1.82, 2.24) is 0 Å². The lowest BCUT2D eigenvalue weighted by atomic mass is 9.94. The van der Waals surface area contributed by atoms with E-state index >= 15 is 0 Å². The lowest BCUT2D eigenvalue weighted by molar-refractivity contribution is -0.138. The summed E-state index contributed by atoms with van der Waals surface area (Å²) in [5.74, 6) is 0. The van der Waals surface area contributed by atoms with E-state index in [0.717, 1.165) is 0 Å². The summed E-state index contributed by atoms with van der Waals surface area (Å²) in [7, 11) is 0. The molecule has 0 bridgehead atoms. The van der Waals surface area contributed by atoms with E-state index in [4.69, 9.17) is 11.0 Å². The topological polar surface area (TPSA) is 49.8 Å². The number of nitrogens with zero attached hydrogens (tertiary/aromatic N) is 1. The van der Waals surface area contributed by atoms with E-state index in [1.807, 2.05) is 0 Å². The Morgan fingerprint density at radius 3 is 2.38 bits per heavy atom. The first-order chi connectivity index (χ1) is 7.32. The third-order valence-corrected chi connectivity index (χ3v) is 2.49. The summed E-state index contributed by atoms with van der Waals surface area (Å²) in [5.41, 5.74) is 4.81. The molecule has 0 radical (unpaired) electrons. The van der Waals surface area contributed by atoms with Crippen LogP contribution in [0.1, 0.15) is 29.2 Å². The Bertz CT molecular complexity index is 456. The molecule has 0 atom stereocenters. The molecule has 16 heavy (non-hydrogen) atoms. The van der Waals surface area contributed by atoms with Crippen molar-refractivity contribution >= 4 is 5.69 Å². The molecule has 0 saturated heterocycles. The number of benzene rings is 1. The zero-order valence-electron chi connectivity index (χ0n) is 8.94. The Morgan fingerprint density at radius 2 is 2.00 bits per heavy atom. The van der Waals surface area contributed by atoms with E-state index in [-0.39, 0.29) is 28.8 Å². The molecular formula is C11H11F3N2. The largest absolute Gasteiger partial charge is 0.417 e. The molecule has 1 aromatic rings. The van der Waals surface area contributed by atoms with Gasteiger partial charge in [-0.3, -0.25) is 0 Å². The van der Waals surface area contributed by atoms with Crippen LogP contribution in [0.5, 0.6) is 0 Å². The van der Waals surface area contributed by atoms with Crippen LogP contribution < -0.4 is 5.73 Å². The second kappa shape index (κ2) is 4.05. The van der Waals surface area contributed by atoms with Crippen LogP contribution in [0.2, 0.25) is 0 Å². The maximum Gasteiger partial charge on any atom is 0.417 e. The van der Waals surface area contributed by atoms with Crippen LogP contribution in [-0.2, 0) is 12.6 Å². The maximum absolute atomic E-state index is 12.8. The second-order valence-electron chi connectivity index (χ2n) is 3.46. The van der Waals surface area contributed by atoms with Crippen LogP contribution in [-0.4, -0.2) is 0 Å². The molecule has 86 valence electrons. The highest BCUT2D eigenvalue weighted by Gasteiger charge is 2.37. The van der Waals surface area contributed by atoms with E-state index in [1.54, 1.807) is 13.0 Å². The molecule has 0 unspecified atom stereocenters. The molecule has 5 heteroatoms. The van der Waals surface area contributed by atoms with Gasteiger partial charge in [0.25, 0.3) is 0 Å². The SMILES string of the molecule is CCc1cc(N)c(C)c(C#N)c1C(F)(F)F. The minimum Gasteiger partial charge on any atom is -0.398 e. The van der Waals surface area contributed by atoms with Crippen molar-refractivity contribution in [3.05, 3.63) is 28.3 Å². The van der Waals surface area contributed by atoms with Gasteiger partial charge in [0.1, 0.15) is 6.07 Å². The predicted molar refractivity (Wildman–Crippen MR) is 54.7 cm³/mol. The van der Waals surface area contributed by atoms with Crippen molar-refractivity contribution in [2.24, 2.45) is 0 Å². The Balaban J connectivity index is 3.69. The van der Waals surface area contributed by atoms with E-state index in [1.165, 1.54) is 13.0 Å². The first kappa shape index (κ1) is 12.4. The molecule has 0 heterocycles. The molecule has 0 saturated carbocycles. The summed E-state index contributed by atoms with van der Waals surface area (Å²) < 4.78 is 38.4. The quantitative estimate of drug-likeness (QED) is 0.751. The van der Waals surface area contributed by atoms with Gasteiger partial charge >= 0.3 is 6.18 Å². The molecule has 0 aromatic heterocycles. The summed E-state index contributed by atoms with van der Waals surface area (Å²) in [4.78, 5) is 0. The zero-order chi connectivity index (χ0) is 12.5. The number of nitrogens with two attached hydrogens (primary N) is 1. The molecule has 0 aliphatic heterocycles. The van der Waals surface area contributed by atoms with Crippen LogP contribution >= 0.6 is 0 Å². The molecule has 0 amide bonds. The number of anilines is 1. The summed E-state index contributed by atoms with van der Waals surface area (Å²) in [6.45, 7) is 3.02. The minimum atomic E-state index is -4.52. The van der Waals surface area contributed by atoms with E-state index in [9.17, 15) is 13.2 Å². The number of hydrogen-bond donors (Lipinski definition) is 1. The van der Waals surface area contributed by atoms with Gasteiger partial charge in [0.05, 0.1) is 11.1 Å². The van der Waals surface area contributed by atoms with E-state index in [2.05, 4.69) is 0 Å². The van der Waals surface area contributed by atoms with Crippen molar-refractivity contribution in [3.63, 3.8) is 0 Å². The first-order valence-corrected chi connectivity index (χ1v) is 4.72. The molecule has 2 nitrogen and oxygen atoms in total. The Hall–Kier alpha value is -1.70. The third kappa shape index (κ3) is 1.96. The van der Waals surface area contributed by atoms with Crippen LogP contribution in [0.4, 0.5) is 18.9 Å². The normalized spacial score (nSPS) is 11.2. The van der Waals surface area contributed by atoms with Gasteiger partial charge in [-0.05, 0) is 30.5 Å². The molecule has 0 aliphatic carbocycles. The fourth-order valence-corrected chi connectivity index (χ4v) is 1.60. The molecule has 1 aromatic carbocycles. The number of nitrogen functional groups attached to an aromatic ring is 1. The summed E-state index contributed by atoms with van der Waals surface area (Å²) >= 11 is 0. The van der Waals surface area contributed by atoms with Gasteiger partial charge in [0.2, 0.25) is 0 Å². The average molecular weight is 228 g/mol. The Morgan fingerprint density at radius 1 is 1.44 bits per heavy atom.